The van der Waals surface area contributed by atoms with Crippen LogP contribution in [-0.2, 0) is 14.8 Å². The molecule has 1 atom stereocenters. The highest BCUT2D eigenvalue weighted by Gasteiger charge is 2.41. The van der Waals surface area contributed by atoms with Gasteiger partial charge in [-0.05, 0) is 54.4 Å². The number of hydrogen-bond donors (Lipinski definition) is 2. The normalized spacial score (nSPS) is 14.8. The highest BCUT2D eigenvalue weighted by Crippen LogP contribution is 2.37. The zero-order valence-corrected chi connectivity index (χ0v) is 24.5. The summed E-state index contributed by atoms with van der Waals surface area (Å²) in [5.74, 6) is -0.986. The molecule has 0 aromatic heterocycles. The number of likely N-dealkylation sites (tertiary alicyclic amines) is 1. The molecule has 0 saturated carbocycles. The zero-order chi connectivity index (χ0) is 29.2. The fourth-order valence-electron chi connectivity index (χ4n) is 4.73. The lowest BCUT2D eigenvalue weighted by Crippen LogP contribution is -2.61. The van der Waals surface area contributed by atoms with Gasteiger partial charge in [-0.25, -0.2) is 8.42 Å². The Morgan fingerprint density at radius 1 is 1.00 bits per heavy atom. The van der Waals surface area contributed by atoms with Crippen molar-refractivity contribution in [2.75, 3.05) is 30.8 Å². The third-order valence-corrected chi connectivity index (χ3v) is 8.46. The number of primary amides is 1. The minimum absolute atomic E-state index is 0.132. The number of benzene rings is 3. The number of nitrogens with one attached hydrogen (secondary N) is 1. The van der Waals surface area contributed by atoms with Crippen LogP contribution in [0.25, 0.3) is 0 Å². The number of nitrogens with two attached hydrogens (primary N) is 1. The molecule has 0 bridgehead atoms. The number of amides is 2. The molecule has 1 aliphatic heterocycles. The van der Waals surface area contributed by atoms with Crippen LogP contribution in [0.15, 0.2) is 66.7 Å². The average Bonchev–Trinajstić information content (AvgIpc) is 2.88. The van der Waals surface area contributed by atoms with Crippen molar-refractivity contribution in [3.63, 3.8) is 0 Å². The highest BCUT2D eigenvalue weighted by molar-refractivity contribution is 7.92. The smallest absolute Gasteiger partial charge is 0.252 e. The average molecular weight is 606 g/mol. The highest BCUT2D eigenvalue weighted by atomic mass is 35.5. The van der Waals surface area contributed by atoms with Crippen LogP contribution in [0.2, 0.25) is 10.0 Å². The Morgan fingerprint density at radius 3 is 1.98 bits per heavy atom. The third kappa shape index (κ3) is 6.69. The first-order valence-corrected chi connectivity index (χ1v) is 15.0. The number of halogens is 2. The molecule has 0 spiro atoms. The summed E-state index contributed by atoms with van der Waals surface area (Å²) in [5, 5.41) is 3.75. The maximum Gasteiger partial charge on any atom is 0.252 e. The second-order valence-electron chi connectivity index (χ2n) is 9.69. The molecule has 2 amide bonds. The molecule has 4 rings (SSSR count). The second kappa shape index (κ2) is 12.1. The maximum atomic E-state index is 13.1. The molecule has 3 aromatic carbocycles. The minimum Gasteiger partial charge on any atom is -0.497 e. The molecular formula is C28H30Cl2N4O5S. The molecule has 1 saturated heterocycles. The van der Waals surface area contributed by atoms with Gasteiger partial charge in [-0.2, -0.15) is 0 Å². The van der Waals surface area contributed by atoms with Crippen molar-refractivity contribution in [1.82, 2.24) is 10.2 Å². The Labute approximate surface area is 243 Å². The van der Waals surface area contributed by atoms with Gasteiger partial charge >= 0.3 is 0 Å². The van der Waals surface area contributed by atoms with Crippen molar-refractivity contribution < 1.29 is 22.7 Å². The van der Waals surface area contributed by atoms with Crippen molar-refractivity contribution in [1.29, 1.82) is 0 Å². The Morgan fingerprint density at radius 2 is 1.52 bits per heavy atom. The quantitative estimate of drug-likeness (QED) is 0.362. The van der Waals surface area contributed by atoms with Gasteiger partial charge in [-0.1, -0.05) is 47.5 Å². The van der Waals surface area contributed by atoms with Gasteiger partial charge in [0.1, 0.15) is 11.8 Å². The molecule has 1 unspecified atom stereocenters. The fourth-order valence-corrected chi connectivity index (χ4v) is 6.15. The topological polar surface area (TPSA) is 122 Å². The summed E-state index contributed by atoms with van der Waals surface area (Å²) in [7, 11) is -2.34. The van der Waals surface area contributed by atoms with E-state index in [2.05, 4.69) is 10.2 Å². The van der Waals surface area contributed by atoms with Gasteiger partial charge in [0.25, 0.3) is 5.91 Å². The first kappa shape index (κ1) is 29.7. The van der Waals surface area contributed by atoms with E-state index in [0.29, 0.717) is 28.9 Å². The molecule has 0 radical (unpaired) electrons. The number of methoxy groups -OCH3 is 1. The van der Waals surface area contributed by atoms with Gasteiger partial charge < -0.3 is 15.8 Å². The van der Waals surface area contributed by atoms with E-state index in [9.17, 15) is 18.0 Å². The SMILES string of the molecule is COc1cc(C(=O)NC(C)C(N)=O)cc(N(C2CN(C(c3ccc(Cl)cc3)c3ccc(Cl)cc3)C2)S(C)(=O)=O)c1. The Balaban J connectivity index is 1.65. The van der Waals surface area contributed by atoms with Gasteiger partial charge in [0.15, 0.2) is 0 Å². The standard InChI is InChI=1S/C28H30Cl2N4O5S/c1-17(27(31)35)32-28(36)20-12-23(14-25(13-20)39-2)34(40(3,37)38)24-15-33(16-24)26(18-4-8-21(29)9-5-18)19-6-10-22(30)11-7-19/h4-14,17,24,26H,15-16H2,1-3H3,(H2,31,35)(H,32,36). The Bertz CT molecular complexity index is 1450. The number of rotatable bonds is 10. The summed E-state index contributed by atoms with van der Waals surface area (Å²) in [4.78, 5) is 26.4. The number of nitrogens with zero attached hydrogens (tertiary/aromatic N) is 2. The summed E-state index contributed by atoms with van der Waals surface area (Å²) in [6, 6.07) is 18.1. The lowest BCUT2D eigenvalue weighted by molar-refractivity contribution is -0.119. The molecule has 3 N–H and O–H groups in total. The molecule has 1 heterocycles. The molecular weight excluding hydrogens is 575 g/mol. The van der Waals surface area contributed by atoms with E-state index >= 15 is 0 Å². The third-order valence-electron chi connectivity index (χ3n) is 6.73. The van der Waals surface area contributed by atoms with Crippen molar-refractivity contribution >= 4 is 50.7 Å². The number of sulfonamides is 1. The lowest BCUT2D eigenvalue weighted by atomic mass is 9.93. The second-order valence-corrected chi connectivity index (χ2v) is 12.4. The van der Waals surface area contributed by atoms with Crippen LogP contribution in [0.3, 0.4) is 0 Å². The Hall–Kier alpha value is -3.31. The van der Waals surface area contributed by atoms with Gasteiger partial charge in [-0.15, -0.1) is 0 Å². The molecule has 40 heavy (non-hydrogen) atoms. The lowest BCUT2D eigenvalue weighted by Gasteiger charge is -2.48. The summed E-state index contributed by atoms with van der Waals surface area (Å²) in [5.41, 5.74) is 7.68. The molecule has 212 valence electrons. The predicted molar refractivity (Wildman–Crippen MR) is 157 cm³/mol. The molecule has 3 aromatic rings. The summed E-state index contributed by atoms with van der Waals surface area (Å²) in [6.45, 7) is 2.30. The Kier molecular flexibility index (Phi) is 8.94. The van der Waals surface area contributed by atoms with E-state index in [1.807, 2.05) is 48.5 Å². The zero-order valence-electron chi connectivity index (χ0n) is 22.2. The molecule has 1 fully saturated rings. The van der Waals surface area contributed by atoms with Gasteiger partial charge in [0.05, 0.1) is 31.1 Å². The largest absolute Gasteiger partial charge is 0.497 e. The van der Waals surface area contributed by atoms with Gasteiger partial charge in [0, 0.05) is 34.8 Å². The fraction of sp³-hybridized carbons (Fsp3) is 0.286. The van der Waals surface area contributed by atoms with Crippen molar-refractivity contribution in [2.45, 2.75) is 25.0 Å². The number of carbonyl (C=O) groups is 2. The monoisotopic (exact) mass is 604 g/mol. The van der Waals surface area contributed by atoms with Gasteiger partial charge in [0.2, 0.25) is 15.9 Å². The predicted octanol–water partition coefficient (Wildman–Crippen LogP) is 3.85. The van der Waals surface area contributed by atoms with Crippen LogP contribution in [0.4, 0.5) is 5.69 Å². The van der Waals surface area contributed by atoms with Crippen LogP contribution in [0.5, 0.6) is 5.75 Å². The molecule has 12 heteroatoms. The number of carbonyl (C=O) groups excluding carboxylic acids is 2. The maximum absolute atomic E-state index is 13.1. The van der Waals surface area contributed by atoms with Crippen molar-refractivity contribution in [3.8, 4) is 5.75 Å². The minimum atomic E-state index is -3.76. The van der Waals surface area contributed by atoms with Gasteiger partial charge in [-0.3, -0.25) is 18.8 Å². The first-order chi connectivity index (χ1) is 18.9. The number of anilines is 1. The van der Waals surface area contributed by atoms with Crippen molar-refractivity contribution in [3.05, 3.63) is 93.5 Å². The van der Waals surface area contributed by atoms with E-state index < -0.39 is 33.9 Å². The first-order valence-electron chi connectivity index (χ1n) is 12.4. The van der Waals surface area contributed by atoms with Crippen LogP contribution < -0.4 is 20.1 Å². The van der Waals surface area contributed by atoms with Crippen LogP contribution >= 0.6 is 23.2 Å². The van der Waals surface area contributed by atoms with E-state index in [1.165, 1.54) is 30.5 Å². The van der Waals surface area contributed by atoms with E-state index in [1.54, 1.807) is 6.07 Å². The summed E-state index contributed by atoms with van der Waals surface area (Å²) in [6.07, 6.45) is 1.12. The van der Waals surface area contributed by atoms with Crippen LogP contribution in [-0.4, -0.2) is 63.7 Å². The van der Waals surface area contributed by atoms with E-state index in [4.69, 9.17) is 33.7 Å². The summed E-state index contributed by atoms with van der Waals surface area (Å²) < 4.78 is 32.8. The van der Waals surface area contributed by atoms with E-state index in [-0.39, 0.29) is 17.3 Å². The molecule has 1 aliphatic rings. The number of hydrogen-bond acceptors (Lipinski definition) is 6. The van der Waals surface area contributed by atoms with E-state index in [0.717, 1.165) is 17.4 Å². The van der Waals surface area contributed by atoms with Crippen molar-refractivity contribution in [2.24, 2.45) is 5.73 Å². The molecule has 0 aliphatic carbocycles. The van der Waals surface area contributed by atoms with Crippen LogP contribution in [0.1, 0.15) is 34.5 Å². The number of ether oxygens (including phenoxy) is 1. The molecule has 9 nitrogen and oxygen atoms in total. The van der Waals surface area contributed by atoms with Crippen LogP contribution in [0, 0.1) is 0 Å². The summed E-state index contributed by atoms with van der Waals surface area (Å²) >= 11 is 12.3.